The second kappa shape index (κ2) is 19.9. The van der Waals surface area contributed by atoms with Crippen molar-refractivity contribution in [3.05, 3.63) is 83.9 Å². The first kappa shape index (κ1) is 41.0. The molecule has 0 saturated heterocycles. The summed E-state index contributed by atoms with van der Waals surface area (Å²) in [4.78, 5) is 91.2. The molecule has 0 fully saturated rings. The lowest BCUT2D eigenvalue weighted by molar-refractivity contribution is -0.149. The molecule has 0 saturated carbocycles. The van der Waals surface area contributed by atoms with Crippen molar-refractivity contribution in [1.29, 1.82) is 0 Å². The molecule has 0 aliphatic rings. The Labute approximate surface area is 304 Å². The Morgan fingerprint density at radius 3 is 2.00 bits per heavy atom. The van der Waals surface area contributed by atoms with Gasteiger partial charge in [0.05, 0.1) is 24.9 Å². The minimum absolute atomic E-state index is 0.0183. The van der Waals surface area contributed by atoms with Gasteiger partial charge in [-0.15, -0.1) is 0 Å². The summed E-state index contributed by atoms with van der Waals surface area (Å²) in [6, 6.07) is 19.5. The summed E-state index contributed by atoms with van der Waals surface area (Å²) in [5, 5.41) is 6.93. The number of esters is 1. The summed E-state index contributed by atoms with van der Waals surface area (Å²) in [6.45, 7) is 7.28. The molecule has 5 unspecified atom stereocenters. The summed E-state index contributed by atoms with van der Waals surface area (Å²) >= 11 is 0. The van der Waals surface area contributed by atoms with Gasteiger partial charge < -0.3 is 26.8 Å². The molecule has 52 heavy (non-hydrogen) atoms. The molecule has 0 radical (unpaired) electrons. The largest absolute Gasteiger partial charge is 0.461 e. The van der Waals surface area contributed by atoms with Gasteiger partial charge in [-0.2, -0.15) is 0 Å². The van der Waals surface area contributed by atoms with Gasteiger partial charge >= 0.3 is 5.97 Å². The Morgan fingerprint density at radius 2 is 1.38 bits per heavy atom. The topological polar surface area (TPSA) is 205 Å². The number of ketones is 2. The van der Waals surface area contributed by atoms with Crippen molar-refractivity contribution in [2.75, 3.05) is 0 Å². The molecule has 0 aliphatic carbocycles. The summed E-state index contributed by atoms with van der Waals surface area (Å²) in [6.07, 6.45) is -0.439. The molecule has 278 valence electrons. The minimum Gasteiger partial charge on any atom is -0.461 e. The second-order valence-corrected chi connectivity index (χ2v) is 13.8. The lowest BCUT2D eigenvalue weighted by Crippen LogP contribution is -2.55. The van der Waals surface area contributed by atoms with Crippen molar-refractivity contribution in [1.82, 2.24) is 10.6 Å². The number of hydrogen-bond acceptors (Lipinski definition) is 8. The summed E-state index contributed by atoms with van der Waals surface area (Å²) < 4.78 is 5.39. The van der Waals surface area contributed by atoms with E-state index in [4.69, 9.17) is 16.2 Å². The number of primary amides is 2. The number of hydrogen-bond donors (Lipinski definition) is 4. The molecular formula is C40H50N4O8. The van der Waals surface area contributed by atoms with Gasteiger partial charge in [0.15, 0.2) is 5.78 Å². The third kappa shape index (κ3) is 12.7. The number of ether oxygens (including phenoxy) is 1. The predicted molar refractivity (Wildman–Crippen MR) is 196 cm³/mol. The number of fused-ring (bicyclic) bond motifs is 1. The number of benzene rings is 3. The predicted octanol–water partition coefficient (Wildman–Crippen LogP) is 3.70. The van der Waals surface area contributed by atoms with Crippen molar-refractivity contribution in [2.45, 2.75) is 84.9 Å². The van der Waals surface area contributed by atoms with Crippen molar-refractivity contribution in [2.24, 2.45) is 35.1 Å². The lowest BCUT2D eigenvalue weighted by atomic mass is 9.89. The summed E-state index contributed by atoms with van der Waals surface area (Å²) in [5.41, 5.74) is 12.6. The highest BCUT2D eigenvalue weighted by molar-refractivity contribution is 6.39. The molecular weight excluding hydrogens is 664 g/mol. The van der Waals surface area contributed by atoms with Crippen LogP contribution in [-0.4, -0.2) is 53.2 Å². The number of nitrogens with two attached hydrogens (primary N) is 2. The zero-order valence-electron chi connectivity index (χ0n) is 30.3. The van der Waals surface area contributed by atoms with Gasteiger partial charge in [-0.1, -0.05) is 107 Å². The summed E-state index contributed by atoms with van der Waals surface area (Å²) in [7, 11) is 0. The van der Waals surface area contributed by atoms with Crippen LogP contribution >= 0.6 is 0 Å². The molecule has 5 atom stereocenters. The Morgan fingerprint density at radius 1 is 0.731 bits per heavy atom. The highest BCUT2D eigenvalue weighted by atomic mass is 16.5. The number of carbonyl (C=O) groups is 7. The SMILES string of the molecule is CCC(C)C(NC(=O)C(CC(=O)OCc1ccccc1)CC(C)C)C(=O)C(=O)NC(CC(N)=O)C(=O)CC(Cc1ccc2ccccc2c1)C(N)=O. The van der Waals surface area contributed by atoms with E-state index in [2.05, 4.69) is 10.6 Å². The lowest BCUT2D eigenvalue weighted by Gasteiger charge is -2.26. The van der Waals surface area contributed by atoms with E-state index in [1.54, 1.807) is 13.8 Å². The Hall–Kier alpha value is -5.39. The quantitative estimate of drug-likeness (QED) is 0.0944. The maximum atomic E-state index is 13.6. The number of rotatable bonds is 21. The third-order valence-corrected chi connectivity index (χ3v) is 9.04. The second-order valence-electron chi connectivity index (χ2n) is 13.8. The number of nitrogens with one attached hydrogen (secondary N) is 2. The van der Waals surface area contributed by atoms with Crippen LogP contribution in [0, 0.1) is 23.7 Å². The summed E-state index contributed by atoms with van der Waals surface area (Å²) in [5.74, 6) is -8.12. The average Bonchev–Trinajstić information content (AvgIpc) is 3.11. The Bertz CT molecular complexity index is 1740. The molecule has 3 rings (SSSR count). The van der Waals surface area contributed by atoms with Crippen LogP contribution in [0.25, 0.3) is 10.8 Å². The highest BCUT2D eigenvalue weighted by Gasteiger charge is 2.36. The van der Waals surface area contributed by atoms with Crippen LogP contribution < -0.4 is 22.1 Å². The van der Waals surface area contributed by atoms with E-state index in [1.807, 2.05) is 86.6 Å². The monoisotopic (exact) mass is 714 g/mol. The fourth-order valence-corrected chi connectivity index (χ4v) is 5.95. The van der Waals surface area contributed by atoms with E-state index < -0.39 is 83.8 Å². The molecule has 0 heterocycles. The fourth-order valence-electron chi connectivity index (χ4n) is 5.95. The standard InChI is InChI=1S/C40H50N4O8/c1-5-25(4)36(44-39(50)31(17-24(2)3)21-35(47)52-23-26-11-7-6-8-12-26)37(48)40(51)43-32(22-34(41)46)33(45)20-30(38(42)49)19-27-15-16-28-13-9-10-14-29(28)18-27/h6-16,18,24-25,30-32,36H,5,17,19-23H2,1-4H3,(H2,41,46)(H2,42,49)(H,43,51)(H,44,50). The average molecular weight is 715 g/mol. The van der Waals surface area contributed by atoms with Gasteiger partial charge in [-0.25, -0.2) is 0 Å². The highest BCUT2D eigenvalue weighted by Crippen LogP contribution is 2.22. The van der Waals surface area contributed by atoms with Gasteiger partial charge in [0.1, 0.15) is 6.61 Å². The van der Waals surface area contributed by atoms with E-state index in [0.29, 0.717) is 12.8 Å². The molecule has 6 N–H and O–H groups in total. The minimum atomic E-state index is -1.52. The maximum absolute atomic E-state index is 13.6. The maximum Gasteiger partial charge on any atom is 0.306 e. The van der Waals surface area contributed by atoms with Crippen molar-refractivity contribution < 1.29 is 38.3 Å². The van der Waals surface area contributed by atoms with Crippen LogP contribution in [0.2, 0.25) is 0 Å². The molecule has 3 aromatic rings. The molecule has 12 heteroatoms. The number of amides is 4. The van der Waals surface area contributed by atoms with E-state index in [0.717, 1.165) is 21.9 Å². The van der Waals surface area contributed by atoms with Crippen LogP contribution in [0.4, 0.5) is 0 Å². The normalized spacial score (nSPS) is 14.0. The molecule has 12 nitrogen and oxygen atoms in total. The van der Waals surface area contributed by atoms with Gasteiger partial charge in [0, 0.05) is 18.3 Å². The van der Waals surface area contributed by atoms with Crippen LogP contribution in [0.5, 0.6) is 0 Å². The Balaban J connectivity index is 1.72. The first-order chi connectivity index (χ1) is 24.7. The van der Waals surface area contributed by atoms with E-state index in [9.17, 15) is 33.6 Å². The van der Waals surface area contributed by atoms with Crippen LogP contribution in [0.15, 0.2) is 72.8 Å². The zero-order valence-corrected chi connectivity index (χ0v) is 30.3. The first-order valence-electron chi connectivity index (χ1n) is 17.6. The number of Topliss-reactive ketones (excluding diaryl/α,β-unsaturated/α-hetero) is 2. The van der Waals surface area contributed by atoms with Gasteiger partial charge in [-0.05, 0) is 46.6 Å². The van der Waals surface area contributed by atoms with Crippen LogP contribution in [-0.2, 0) is 51.3 Å². The molecule has 0 aliphatic heterocycles. The third-order valence-electron chi connectivity index (χ3n) is 9.04. The molecule has 4 amide bonds. The van der Waals surface area contributed by atoms with Crippen molar-refractivity contribution in [3.63, 3.8) is 0 Å². The molecule has 0 spiro atoms. The van der Waals surface area contributed by atoms with Crippen molar-refractivity contribution in [3.8, 4) is 0 Å². The molecule has 3 aromatic carbocycles. The van der Waals surface area contributed by atoms with Gasteiger partial charge in [0.2, 0.25) is 23.5 Å². The molecule has 0 bridgehead atoms. The fraction of sp³-hybridized carbons (Fsp3) is 0.425. The van der Waals surface area contributed by atoms with Gasteiger partial charge in [-0.3, -0.25) is 33.6 Å². The molecule has 0 aromatic heterocycles. The van der Waals surface area contributed by atoms with Crippen LogP contribution in [0.1, 0.15) is 70.9 Å². The van der Waals surface area contributed by atoms with Crippen LogP contribution in [0.3, 0.4) is 0 Å². The van der Waals surface area contributed by atoms with E-state index in [-0.39, 0.29) is 25.4 Å². The van der Waals surface area contributed by atoms with Crippen molar-refractivity contribution >= 4 is 51.9 Å². The van der Waals surface area contributed by atoms with Gasteiger partial charge in [0.25, 0.3) is 5.91 Å². The zero-order chi connectivity index (χ0) is 38.4. The number of carbonyl (C=O) groups excluding carboxylic acids is 7. The van der Waals surface area contributed by atoms with E-state index >= 15 is 0 Å². The van der Waals surface area contributed by atoms with E-state index in [1.165, 1.54) is 0 Å². The smallest absolute Gasteiger partial charge is 0.306 e. The Kier molecular flexibility index (Phi) is 15.7. The first-order valence-corrected chi connectivity index (χ1v) is 17.6.